The Morgan fingerprint density at radius 1 is 0.500 bits per heavy atom. The molecule has 32 heavy (non-hydrogen) atoms. The van der Waals surface area contributed by atoms with Crippen LogP contribution in [-0.4, -0.2) is 0 Å². The van der Waals surface area contributed by atoms with Crippen LogP contribution in [0.2, 0.25) is 0 Å². The van der Waals surface area contributed by atoms with Gasteiger partial charge >= 0.3 is 0 Å². The van der Waals surface area contributed by atoms with Crippen molar-refractivity contribution in [1.29, 1.82) is 0 Å². The SMILES string of the molecule is CC1(C)c2ccccc2-c2c(-c3ccc4cccc5c4c3-c3ccccc3O5)cccc21. The van der Waals surface area contributed by atoms with Crippen LogP contribution in [0.1, 0.15) is 25.0 Å². The highest BCUT2D eigenvalue weighted by Gasteiger charge is 2.37. The van der Waals surface area contributed by atoms with Gasteiger partial charge in [-0.05, 0) is 50.9 Å². The molecule has 0 saturated heterocycles. The number of para-hydroxylation sites is 1. The molecule has 0 spiro atoms. The fourth-order valence-corrected chi connectivity index (χ4v) is 5.79. The average molecular weight is 411 g/mol. The summed E-state index contributed by atoms with van der Waals surface area (Å²) in [5.41, 5.74) is 10.5. The minimum atomic E-state index is -0.0117. The van der Waals surface area contributed by atoms with Gasteiger partial charge in [0.15, 0.2) is 0 Å². The fraction of sp³-hybridized carbons (Fsp3) is 0.0968. The quantitative estimate of drug-likeness (QED) is 0.264. The third-order valence-electron chi connectivity index (χ3n) is 7.28. The maximum Gasteiger partial charge on any atom is 0.135 e. The number of rotatable bonds is 1. The van der Waals surface area contributed by atoms with Crippen molar-refractivity contribution in [1.82, 2.24) is 0 Å². The molecule has 0 fully saturated rings. The van der Waals surface area contributed by atoms with Crippen LogP contribution in [-0.2, 0) is 5.41 Å². The van der Waals surface area contributed by atoms with Crippen LogP contribution in [0.25, 0.3) is 44.2 Å². The number of benzene rings is 5. The van der Waals surface area contributed by atoms with Gasteiger partial charge < -0.3 is 4.74 Å². The lowest BCUT2D eigenvalue weighted by Crippen LogP contribution is -2.14. The first-order chi connectivity index (χ1) is 15.6. The van der Waals surface area contributed by atoms with Crippen LogP contribution in [0.5, 0.6) is 11.5 Å². The van der Waals surface area contributed by atoms with Crippen molar-refractivity contribution in [2.24, 2.45) is 0 Å². The zero-order valence-electron chi connectivity index (χ0n) is 18.1. The Morgan fingerprint density at radius 3 is 2.06 bits per heavy atom. The van der Waals surface area contributed by atoms with E-state index in [0.29, 0.717) is 0 Å². The van der Waals surface area contributed by atoms with E-state index in [-0.39, 0.29) is 5.41 Å². The molecular formula is C31H22O. The van der Waals surface area contributed by atoms with E-state index >= 15 is 0 Å². The Kier molecular flexibility index (Phi) is 3.40. The van der Waals surface area contributed by atoms with Crippen molar-refractivity contribution < 1.29 is 4.74 Å². The monoisotopic (exact) mass is 410 g/mol. The maximum atomic E-state index is 6.32. The van der Waals surface area contributed by atoms with Crippen molar-refractivity contribution >= 4 is 10.8 Å². The molecule has 5 aromatic carbocycles. The fourth-order valence-electron chi connectivity index (χ4n) is 5.79. The number of hydrogen-bond acceptors (Lipinski definition) is 1. The van der Waals surface area contributed by atoms with Gasteiger partial charge in [-0.1, -0.05) is 98.8 Å². The van der Waals surface area contributed by atoms with Crippen LogP contribution >= 0.6 is 0 Å². The second-order valence-electron chi connectivity index (χ2n) is 9.34. The van der Waals surface area contributed by atoms with E-state index in [9.17, 15) is 0 Å². The normalized spacial score (nSPS) is 14.4. The predicted molar refractivity (Wildman–Crippen MR) is 132 cm³/mol. The molecule has 2 aliphatic rings. The third kappa shape index (κ3) is 2.18. The van der Waals surface area contributed by atoms with Gasteiger partial charge in [-0.2, -0.15) is 0 Å². The number of ether oxygens (including phenoxy) is 1. The molecular weight excluding hydrogens is 388 g/mol. The summed E-state index contributed by atoms with van der Waals surface area (Å²) >= 11 is 0. The molecule has 1 heteroatoms. The molecule has 0 unspecified atom stereocenters. The largest absolute Gasteiger partial charge is 0.456 e. The van der Waals surface area contributed by atoms with E-state index in [1.54, 1.807) is 0 Å². The van der Waals surface area contributed by atoms with Crippen LogP contribution in [0.15, 0.2) is 97.1 Å². The van der Waals surface area contributed by atoms with E-state index < -0.39 is 0 Å². The highest BCUT2D eigenvalue weighted by atomic mass is 16.5. The van der Waals surface area contributed by atoms with Crippen molar-refractivity contribution in [3.05, 3.63) is 108 Å². The Hall–Kier alpha value is -3.84. The lowest BCUT2D eigenvalue weighted by atomic mass is 9.81. The Bertz CT molecular complexity index is 1570. The van der Waals surface area contributed by atoms with Crippen LogP contribution in [0.3, 0.4) is 0 Å². The minimum absolute atomic E-state index is 0.0117. The molecule has 1 aliphatic carbocycles. The second kappa shape index (κ2) is 6.11. The van der Waals surface area contributed by atoms with Gasteiger partial charge in [-0.3, -0.25) is 0 Å². The van der Waals surface area contributed by atoms with Gasteiger partial charge in [0, 0.05) is 21.9 Å². The van der Waals surface area contributed by atoms with Gasteiger partial charge in [-0.15, -0.1) is 0 Å². The molecule has 0 saturated carbocycles. The maximum absolute atomic E-state index is 6.32. The summed E-state index contributed by atoms with van der Waals surface area (Å²) in [5.74, 6) is 1.86. The highest BCUT2D eigenvalue weighted by molar-refractivity contribution is 6.11. The first-order valence-corrected chi connectivity index (χ1v) is 11.2. The first-order valence-electron chi connectivity index (χ1n) is 11.2. The van der Waals surface area contributed by atoms with Gasteiger partial charge in [0.1, 0.15) is 11.5 Å². The second-order valence-corrected chi connectivity index (χ2v) is 9.34. The summed E-state index contributed by atoms with van der Waals surface area (Å²) in [6.45, 7) is 4.68. The molecule has 0 aromatic heterocycles. The molecule has 1 nitrogen and oxygen atoms in total. The van der Waals surface area contributed by atoms with Gasteiger partial charge in [0.05, 0.1) is 0 Å². The summed E-state index contributed by atoms with van der Waals surface area (Å²) < 4.78 is 6.32. The minimum Gasteiger partial charge on any atom is -0.456 e. The summed E-state index contributed by atoms with van der Waals surface area (Å²) in [7, 11) is 0. The first kappa shape index (κ1) is 17.8. The molecule has 0 N–H and O–H groups in total. The van der Waals surface area contributed by atoms with Crippen LogP contribution < -0.4 is 4.74 Å². The van der Waals surface area contributed by atoms with Gasteiger partial charge in [0.2, 0.25) is 0 Å². The van der Waals surface area contributed by atoms with Crippen molar-refractivity contribution in [2.45, 2.75) is 19.3 Å². The molecule has 5 aromatic rings. The number of hydrogen-bond donors (Lipinski definition) is 0. The molecule has 7 rings (SSSR count). The third-order valence-corrected chi connectivity index (χ3v) is 7.28. The van der Waals surface area contributed by atoms with Crippen molar-refractivity contribution in [2.75, 3.05) is 0 Å². The molecule has 0 radical (unpaired) electrons. The number of fused-ring (bicyclic) bond motifs is 5. The lowest BCUT2D eigenvalue weighted by Gasteiger charge is -2.25. The molecule has 0 atom stereocenters. The van der Waals surface area contributed by atoms with E-state index in [4.69, 9.17) is 4.74 Å². The van der Waals surface area contributed by atoms with E-state index in [1.165, 1.54) is 49.7 Å². The van der Waals surface area contributed by atoms with E-state index in [0.717, 1.165) is 17.1 Å². The Labute approximate surface area is 187 Å². The highest BCUT2D eigenvalue weighted by Crippen LogP contribution is 2.55. The lowest BCUT2D eigenvalue weighted by molar-refractivity contribution is 0.487. The molecule has 1 aliphatic heterocycles. The average Bonchev–Trinajstić information content (AvgIpc) is 3.07. The molecule has 152 valence electrons. The zero-order valence-corrected chi connectivity index (χ0v) is 18.1. The Balaban J connectivity index is 1.63. The predicted octanol–water partition coefficient (Wildman–Crippen LogP) is 8.59. The summed E-state index contributed by atoms with van der Waals surface area (Å²) in [4.78, 5) is 0. The van der Waals surface area contributed by atoms with Crippen molar-refractivity contribution in [3.8, 4) is 44.9 Å². The van der Waals surface area contributed by atoms with Gasteiger partial charge in [0.25, 0.3) is 0 Å². The van der Waals surface area contributed by atoms with E-state index in [1.807, 2.05) is 6.07 Å². The van der Waals surface area contributed by atoms with E-state index in [2.05, 4.69) is 105 Å². The smallest absolute Gasteiger partial charge is 0.135 e. The summed E-state index contributed by atoms with van der Waals surface area (Å²) in [5, 5.41) is 2.41. The molecule has 0 amide bonds. The molecule has 0 bridgehead atoms. The summed E-state index contributed by atoms with van der Waals surface area (Å²) in [6.07, 6.45) is 0. The van der Waals surface area contributed by atoms with Crippen LogP contribution in [0.4, 0.5) is 0 Å². The van der Waals surface area contributed by atoms with Crippen molar-refractivity contribution in [3.63, 3.8) is 0 Å². The topological polar surface area (TPSA) is 9.23 Å². The zero-order chi connectivity index (χ0) is 21.4. The standard InChI is InChI=1S/C31H22O/c1-31(2)24-13-5-3-10-22(24)29-20(12-8-14-25(29)31)21-18-17-19-9-7-16-27-28(19)30(21)23-11-4-6-15-26(23)32-27/h3-18H,1-2H3. The Morgan fingerprint density at radius 2 is 1.16 bits per heavy atom. The van der Waals surface area contributed by atoms with Crippen LogP contribution in [0, 0.1) is 0 Å². The van der Waals surface area contributed by atoms with Gasteiger partial charge in [-0.25, -0.2) is 0 Å². The molecule has 1 heterocycles. The summed E-state index contributed by atoms with van der Waals surface area (Å²) in [6, 6.07) is 35.0.